The molecule has 0 amide bonds. The minimum Gasteiger partial charge on any atom is -0.395 e. The molecule has 0 heterocycles. The van der Waals surface area contributed by atoms with E-state index in [0.717, 1.165) is 11.1 Å². The molecule has 0 saturated heterocycles. The molecular formula is C15H21NO3S. The van der Waals surface area contributed by atoms with Gasteiger partial charge >= 0.3 is 0 Å². The maximum atomic E-state index is 12.1. The fraction of sp³-hybridized carbons (Fsp3) is 0.467. The monoisotopic (exact) mass is 295 g/mol. The summed E-state index contributed by atoms with van der Waals surface area (Å²) in [5.41, 5.74) is 2.18. The van der Waals surface area contributed by atoms with Gasteiger partial charge in [0.2, 0.25) is 10.0 Å². The highest BCUT2D eigenvalue weighted by molar-refractivity contribution is 7.94. The molecule has 2 N–H and O–H groups in total. The Bertz CT molecular complexity index is 631. The van der Waals surface area contributed by atoms with Crippen LogP contribution in [0.3, 0.4) is 0 Å². The SMILES string of the molecule is Cc1cc(C#CCCO)ccc1NS(=O)(=O)C(C)(C)C. The van der Waals surface area contributed by atoms with Crippen LogP contribution in [-0.4, -0.2) is 24.9 Å². The van der Waals surface area contributed by atoms with Crippen molar-refractivity contribution >= 4 is 15.7 Å². The molecule has 20 heavy (non-hydrogen) atoms. The topological polar surface area (TPSA) is 66.4 Å². The number of aliphatic hydroxyl groups excluding tert-OH is 1. The van der Waals surface area contributed by atoms with Crippen molar-refractivity contribution in [2.45, 2.75) is 38.9 Å². The van der Waals surface area contributed by atoms with E-state index >= 15 is 0 Å². The third-order valence-corrected chi connectivity index (χ3v) is 4.85. The first-order valence-corrected chi connectivity index (χ1v) is 7.88. The largest absolute Gasteiger partial charge is 0.395 e. The highest BCUT2D eigenvalue weighted by atomic mass is 32.2. The van der Waals surface area contributed by atoms with E-state index in [0.29, 0.717) is 12.1 Å². The van der Waals surface area contributed by atoms with Gasteiger partial charge < -0.3 is 5.11 Å². The van der Waals surface area contributed by atoms with Crippen LogP contribution in [0.15, 0.2) is 18.2 Å². The van der Waals surface area contributed by atoms with Crippen LogP contribution in [0.5, 0.6) is 0 Å². The van der Waals surface area contributed by atoms with E-state index in [4.69, 9.17) is 5.11 Å². The van der Waals surface area contributed by atoms with Crippen molar-refractivity contribution in [1.29, 1.82) is 0 Å². The molecule has 1 aromatic rings. The van der Waals surface area contributed by atoms with Gasteiger partial charge in [0.25, 0.3) is 0 Å². The Balaban J connectivity index is 2.99. The van der Waals surface area contributed by atoms with E-state index in [1.807, 2.05) is 13.0 Å². The fourth-order valence-electron chi connectivity index (χ4n) is 1.37. The summed E-state index contributed by atoms with van der Waals surface area (Å²) in [6.45, 7) is 6.82. The molecule has 5 heteroatoms. The third kappa shape index (κ3) is 4.26. The molecule has 0 saturated carbocycles. The average molecular weight is 295 g/mol. The van der Waals surface area contributed by atoms with Gasteiger partial charge in [0.1, 0.15) is 0 Å². The first-order chi connectivity index (χ1) is 9.17. The molecular weight excluding hydrogens is 274 g/mol. The van der Waals surface area contributed by atoms with Gasteiger partial charge in [0.05, 0.1) is 17.0 Å². The first-order valence-electron chi connectivity index (χ1n) is 6.40. The van der Waals surface area contributed by atoms with Gasteiger partial charge in [0.15, 0.2) is 0 Å². The summed E-state index contributed by atoms with van der Waals surface area (Å²) in [6.07, 6.45) is 0.428. The number of hydrogen-bond donors (Lipinski definition) is 2. The first kappa shape index (κ1) is 16.5. The molecule has 0 aliphatic carbocycles. The lowest BCUT2D eigenvalue weighted by Crippen LogP contribution is -2.33. The number of benzene rings is 1. The lowest BCUT2D eigenvalue weighted by molar-refractivity contribution is 0.305. The molecule has 0 bridgehead atoms. The van der Waals surface area contributed by atoms with Crippen LogP contribution in [0.2, 0.25) is 0 Å². The third-order valence-electron chi connectivity index (χ3n) is 2.75. The van der Waals surface area contributed by atoms with Crippen LogP contribution >= 0.6 is 0 Å². The van der Waals surface area contributed by atoms with Crippen molar-refractivity contribution < 1.29 is 13.5 Å². The predicted octanol–water partition coefficient (Wildman–Crippen LogP) is 2.27. The molecule has 0 aliphatic heterocycles. The maximum Gasteiger partial charge on any atom is 0.237 e. The molecule has 4 nitrogen and oxygen atoms in total. The van der Waals surface area contributed by atoms with Gasteiger partial charge in [0, 0.05) is 12.0 Å². The zero-order valence-corrected chi connectivity index (χ0v) is 13.1. The molecule has 0 radical (unpaired) electrons. The van der Waals surface area contributed by atoms with Gasteiger partial charge in [-0.1, -0.05) is 11.8 Å². The minimum absolute atomic E-state index is 0.0372. The Kier molecular flexibility index (Phi) is 5.21. The number of rotatable bonds is 3. The quantitative estimate of drug-likeness (QED) is 0.841. The van der Waals surface area contributed by atoms with E-state index in [1.165, 1.54) is 0 Å². The smallest absolute Gasteiger partial charge is 0.237 e. The van der Waals surface area contributed by atoms with Gasteiger partial charge in [-0.25, -0.2) is 8.42 Å². The Morgan fingerprint density at radius 3 is 2.45 bits per heavy atom. The predicted molar refractivity (Wildman–Crippen MR) is 82.1 cm³/mol. The van der Waals surface area contributed by atoms with Gasteiger partial charge in [-0.2, -0.15) is 0 Å². The Hall–Kier alpha value is -1.51. The number of aryl methyl sites for hydroxylation is 1. The van der Waals surface area contributed by atoms with Crippen molar-refractivity contribution in [2.75, 3.05) is 11.3 Å². The Morgan fingerprint density at radius 2 is 1.95 bits per heavy atom. The minimum atomic E-state index is -3.43. The van der Waals surface area contributed by atoms with E-state index in [-0.39, 0.29) is 6.61 Å². The molecule has 0 fully saturated rings. The summed E-state index contributed by atoms with van der Waals surface area (Å²) < 4.78 is 25.9. The van der Waals surface area contributed by atoms with Crippen LogP contribution in [0.1, 0.15) is 38.3 Å². The molecule has 1 aromatic carbocycles. The zero-order chi connectivity index (χ0) is 15.4. The lowest BCUT2D eigenvalue weighted by atomic mass is 10.1. The Morgan fingerprint density at radius 1 is 1.30 bits per heavy atom. The summed E-state index contributed by atoms with van der Waals surface area (Å²) >= 11 is 0. The summed E-state index contributed by atoms with van der Waals surface area (Å²) in [7, 11) is -3.43. The molecule has 110 valence electrons. The summed E-state index contributed by atoms with van der Waals surface area (Å²) in [6, 6.07) is 5.30. The molecule has 0 unspecified atom stereocenters. The van der Waals surface area contributed by atoms with Crippen molar-refractivity contribution in [3.63, 3.8) is 0 Å². The molecule has 1 rings (SSSR count). The number of hydrogen-bond acceptors (Lipinski definition) is 3. The van der Waals surface area contributed by atoms with E-state index in [1.54, 1.807) is 32.9 Å². The standard InChI is InChI=1S/C15H21NO3S/c1-12-11-13(7-5-6-10-17)8-9-14(12)16-20(18,19)15(2,3)4/h8-9,11,16-17H,6,10H2,1-4H3. The number of aliphatic hydroxyl groups is 1. The van der Waals surface area contributed by atoms with Gasteiger partial charge in [-0.3, -0.25) is 4.72 Å². The normalized spacial score (nSPS) is 11.7. The zero-order valence-electron chi connectivity index (χ0n) is 12.3. The second-order valence-electron chi connectivity index (χ2n) is 5.52. The molecule has 0 aliphatic rings. The molecule has 0 spiro atoms. The number of sulfonamides is 1. The van der Waals surface area contributed by atoms with Crippen molar-refractivity contribution in [3.8, 4) is 11.8 Å². The second kappa shape index (κ2) is 6.29. The highest BCUT2D eigenvalue weighted by Crippen LogP contribution is 2.22. The van der Waals surface area contributed by atoms with Crippen LogP contribution in [0, 0.1) is 18.8 Å². The second-order valence-corrected chi connectivity index (χ2v) is 7.96. The summed E-state index contributed by atoms with van der Waals surface area (Å²) in [4.78, 5) is 0. The van der Waals surface area contributed by atoms with E-state index < -0.39 is 14.8 Å². The van der Waals surface area contributed by atoms with Gasteiger partial charge in [-0.05, 0) is 51.5 Å². The van der Waals surface area contributed by atoms with Crippen LogP contribution in [0.25, 0.3) is 0 Å². The average Bonchev–Trinajstić information content (AvgIpc) is 2.31. The number of nitrogens with one attached hydrogen (secondary N) is 1. The fourth-order valence-corrected chi connectivity index (χ4v) is 2.20. The van der Waals surface area contributed by atoms with Crippen molar-refractivity contribution in [1.82, 2.24) is 0 Å². The van der Waals surface area contributed by atoms with Crippen LogP contribution in [0.4, 0.5) is 5.69 Å². The van der Waals surface area contributed by atoms with E-state index in [2.05, 4.69) is 16.6 Å². The van der Waals surface area contributed by atoms with Gasteiger partial charge in [-0.15, -0.1) is 0 Å². The van der Waals surface area contributed by atoms with E-state index in [9.17, 15) is 8.42 Å². The molecule has 0 atom stereocenters. The van der Waals surface area contributed by atoms with Crippen LogP contribution in [-0.2, 0) is 10.0 Å². The summed E-state index contributed by atoms with van der Waals surface area (Å²) in [5.74, 6) is 5.75. The highest BCUT2D eigenvalue weighted by Gasteiger charge is 2.29. The van der Waals surface area contributed by atoms with Crippen molar-refractivity contribution in [2.24, 2.45) is 0 Å². The van der Waals surface area contributed by atoms with Crippen LogP contribution < -0.4 is 4.72 Å². The summed E-state index contributed by atoms with van der Waals surface area (Å²) in [5, 5.41) is 8.67. The van der Waals surface area contributed by atoms with Crippen molar-refractivity contribution in [3.05, 3.63) is 29.3 Å². The molecule has 0 aromatic heterocycles. The Labute approximate surface area is 121 Å². The lowest BCUT2D eigenvalue weighted by Gasteiger charge is -2.21. The number of anilines is 1. The maximum absolute atomic E-state index is 12.1.